The Balaban J connectivity index is 1.71. The number of alkyl halides is 3. The van der Waals surface area contributed by atoms with Crippen molar-refractivity contribution in [3.05, 3.63) is 112 Å². The zero-order chi connectivity index (χ0) is 29.6. The number of pyridine rings is 1. The molecule has 2 N–H and O–H groups in total. The molecule has 10 heteroatoms. The molecule has 4 rings (SSSR count). The van der Waals surface area contributed by atoms with Crippen LogP contribution in [0.1, 0.15) is 54.5 Å². The summed E-state index contributed by atoms with van der Waals surface area (Å²) in [4.78, 5) is 18.0. The van der Waals surface area contributed by atoms with Gasteiger partial charge in [0.2, 0.25) is 0 Å². The van der Waals surface area contributed by atoms with Crippen molar-refractivity contribution in [1.29, 1.82) is 0 Å². The number of carbonyl (C=O) groups excluding carboxylic acids is 1. The molecule has 41 heavy (non-hydrogen) atoms. The molecule has 1 saturated carbocycles. The largest absolute Gasteiger partial charge is 0.502 e. The van der Waals surface area contributed by atoms with Crippen LogP contribution in [0.15, 0.2) is 79.2 Å². The fourth-order valence-electron chi connectivity index (χ4n) is 5.38. The van der Waals surface area contributed by atoms with E-state index in [-0.39, 0.29) is 23.7 Å². The number of benzene rings is 2. The lowest BCUT2D eigenvalue weighted by atomic mass is 9.79. The minimum atomic E-state index is -4.81. The highest BCUT2D eigenvalue weighted by atomic mass is 35.5. The van der Waals surface area contributed by atoms with Crippen LogP contribution < -0.4 is 10.6 Å². The van der Waals surface area contributed by atoms with Crippen LogP contribution in [0.2, 0.25) is 5.02 Å². The van der Waals surface area contributed by atoms with Gasteiger partial charge < -0.3 is 15.4 Å². The second-order valence-corrected chi connectivity index (χ2v) is 10.9. The molecule has 0 saturated heterocycles. The van der Waals surface area contributed by atoms with E-state index in [9.17, 15) is 22.4 Å². The van der Waals surface area contributed by atoms with E-state index in [1.54, 1.807) is 37.4 Å². The van der Waals surface area contributed by atoms with E-state index in [0.717, 1.165) is 44.2 Å². The zero-order valence-corrected chi connectivity index (χ0v) is 23.4. The molecule has 1 fully saturated rings. The van der Waals surface area contributed by atoms with Gasteiger partial charge in [0, 0.05) is 25.1 Å². The van der Waals surface area contributed by atoms with Gasteiger partial charge in [0.25, 0.3) is 0 Å². The number of hydrogen-bond acceptors (Lipinski definition) is 3. The Kier molecular flexibility index (Phi) is 9.58. The molecule has 0 radical (unpaired) electrons. The van der Waals surface area contributed by atoms with Crippen LogP contribution in [0.3, 0.4) is 0 Å². The fourth-order valence-corrected chi connectivity index (χ4v) is 5.49. The Hall–Kier alpha value is -3.59. The van der Waals surface area contributed by atoms with E-state index in [1.165, 1.54) is 18.3 Å². The number of aromatic nitrogens is 1. The molecule has 2 amide bonds. The molecule has 1 aromatic heterocycles. The van der Waals surface area contributed by atoms with Gasteiger partial charge in [-0.2, -0.15) is 13.2 Å². The molecule has 3 aromatic rings. The second kappa shape index (κ2) is 12.9. The molecule has 2 aromatic carbocycles. The van der Waals surface area contributed by atoms with Crippen LogP contribution in [0.4, 0.5) is 22.4 Å². The first-order chi connectivity index (χ1) is 19.5. The van der Waals surface area contributed by atoms with Crippen LogP contribution >= 0.6 is 11.6 Å². The highest BCUT2D eigenvalue weighted by Gasteiger charge is 2.41. The molecular weight excluding hydrogens is 558 g/mol. The Morgan fingerprint density at radius 2 is 1.73 bits per heavy atom. The fraction of sp³-hybridized carbons (Fsp3) is 0.355. The van der Waals surface area contributed by atoms with Crippen molar-refractivity contribution in [1.82, 2.24) is 15.6 Å². The van der Waals surface area contributed by atoms with E-state index in [0.29, 0.717) is 28.3 Å². The van der Waals surface area contributed by atoms with Crippen LogP contribution in [0.5, 0.6) is 0 Å². The number of urea groups is 1. The number of methoxy groups -OCH3 is 1. The van der Waals surface area contributed by atoms with Crippen LogP contribution in [-0.2, 0) is 22.9 Å². The van der Waals surface area contributed by atoms with Crippen molar-refractivity contribution in [3.63, 3.8) is 0 Å². The molecule has 0 spiro atoms. The van der Waals surface area contributed by atoms with Crippen molar-refractivity contribution in [2.75, 3.05) is 7.11 Å². The lowest BCUT2D eigenvalue weighted by Gasteiger charge is -2.37. The number of ether oxygens (including phenoxy) is 1. The average molecular weight is 590 g/mol. The Morgan fingerprint density at radius 3 is 2.34 bits per heavy atom. The predicted molar refractivity (Wildman–Crippen MR) is 150 cm³/mol. The first-order valence-electron chi connectivity index (χ1n) is 13.3. The van der Waals surface area contributed by atoms with Gasteiger partial charge in [-0.05, 0) is 73.1 Å². The summed E-state index contributed by atoms with van der Waals surface area (Å²) in [5.74, 6) is 0.0279. The normalized spacial score (nSPS) is 18.7. The second-order valence-electron chi connectivity index (χ2n) is 10.4. The minimum Gasteiger partial charge on any atom is -0.502 e. The number of nitrogens with zero attached hydrogens (tertiary/aromatic N) is 1. The number of halogens is 5. The van der Waals surface area contributed by atoms with Crippen LogP contribution in [-0.4, -0.2) is 24.2 Å². The smallest absolute Gasteiger partial charge is 0.416 e. The first-order valence-corrected chi connectivity index (χ1v) is 13.7. The van der Waals surface area contributed by atoms with Gasteiger partial charge in [0.05, 0.1) is 29.1 Å². The van der Waals surface area contributed by atoms with Gasteiger partial charge in [-0.25, -0.2) is 9.18 Å². The van der Waals surface area contributed by atoms with Gasteiger partial charge in [-0.1, -0.05) is 48.5 Å². The highest BCUT2D eigenvalue weighted by molar-refractivity contribution is 6.30. The molecule has 0 unspecified atom stereocenters. The molecule has 0 bridgehead atoms. The van der Waals surface area contributed by atoms with E-state index < -0.39 is 29.1 Å². The Labute approximate surface area is 242 Å². The Bertz CT molecular complexity index is 1340. The van der Waals surface area contributed by atoms with Crippen molar-refractivity contribution in [2.45, 2.75) is 56.3 Å². The molecule has 0 aliphatic heterocycles. The maximum absolute atomic E-state index is 14.8. The molecule has 1 heterocycles. The van der Waals surface area contributed by atoms with Crippen LogP contribution in [0.25, 0.3) is 0 Å². The van der Waals surface area contributed by atoms with Crippen molar-refractivity contribution in [2.24, 2.45) is 5.92 Å². The maximum atomic E-state index is 14.8. The molecule has 218 valence electrons. The first kappa shape index (κ1) is 30.4. The summed E-state index contributed by atoms with van der Waals surface area (Å²) >= 11 is 6.08. The summed E-state index contributed by atoms with van der Waals surface area (Å²) in [6.45, 7) is 3.89. The monoisotopic (exact) mass is 589 g/mol. The third-order valence-electron chi connectivity index (χ3n) is 7.51. The molecular formula is C31H32ClF4N3O2. The van der Waals surface area contributed by atoms with Crippen molar-refractivity contribution in [3.8, 4) is 0 Å². The number of amides is 2. The third kappa shape index (κ3) is 7.79. The van der Waals surface area contributed by atoms with Crippen LogP contribution in [0, 0.1) is 11.7 Å². The van der Waals surface area contributed by atoms with E-state index in [2.05, 4.69) is 22.2 Å². The third-order valence-corrected chi connectivity index (χ3v) is 7.73. The number of allylic oxidation sites excluding steroid dienone is 1. The molecule has 1 aliphatic rings. The standard InChI is InChI=1S/C31H32ClF4N3O2/c1-20(41-2)14-21-8-11-27(12-9-21)38-29(40)39-30(18-22-6-4-3-5-7-22,28-13-10-25(32)19-37-28)23-15-24(31(34,35)36)17-26(33)16-23/h3-7,10,13,15-17,19,21,27H,1,8-9,11-12,14,18H2,2H3,(H2,38,39,40)/t21?,27?,30-/m0/s1. The lowest BCUT2D eigenvalue weighted by Crippen LogP contribution is -2.54. The topological polar surface area (TPSA) is 63.2 Å². The quantitative estimate of drug-likeness (QED) is 0.198. The minimum absolute atomic E-state index is 0.00249. The summed E-state index contributed by atoms with van der Waals surface area (Å²) in [5.41, 5.74) is -2.02. The van der Waals surface area contributed by atoms with E-state index >= 15 is 0 Å². The van der Waals surface area contributed by atoms with E-state index in [1.807, 2.05) is 0 Å². The summed E-state index contributed by atoms with van der Waals surface area (Å²) in [7, 11) is 1.59. The summed E-state index contributed by atoms with van der Waals surface area (Å²) in [6.07, 6.45) is 0.449. The van der Waals surface area contributed by atoms with Gasteiger partial charge in [0.15, 0.2) is 0 Å². The number of nitrogens with one attached hydrogen (secondary N) is 2. The summed E-state index contributed by atoms with van der Waals surface area (Å²) < 4.78 is 61.4. The molecule has 1 atom stereocenters. The maximum Gasteiger partial charge on any atom is 0.416 e. The SMILES string of the molecule is C=C(CC1CCC(NC(=O)N[C@@](Cc2ccccc2)(c2cc(F)cc(C(F)(F)F)c2)c2ccc(Cl)cn2)CC1)OC. The van der Waals surface area contributed by atoms with Crippen molar-refractivity contribution < 1.29 is 27.1 Å². The van der Waals surface area contributed by atoms with Crippen molar-refractivity contribution >= 4 is 17.6 Å². The number of hydrogen-bond donors (Lipinski definition) is 2. The highest BCUT2D eigenvalue weighted by Crippen LogP contribution is 2.38. The number of rotatable bonds is 9. The lowest BCUT2D eigenvalue weighted by molar-refractivity contribution is -0.137. The van der Waals surface area contributed by atoms with E-state index in [4.69, 9.17) is 16.3 Å². The predicted octanol–water partition coefficient (Wildman–Crippen LogP) is 7.79. The van der Waals surface area contributed by atoms with Gasteiger partial charge in [-0.3, -0.25) is 4.98 Å². The summed E-state index contributed by atoms with van der Waals surface area (Å²) in [5, 5.41) is 6.20. The number of carbonyl (C=O) groups is 1. The van der Waals surface area contributed by atoms with Gasteiger partial charge >= 0.3 is 12.2 Å². The van der Waals surface area contributed by atoms with Gasteiger partial charge in [0.1, 0.15) is 11.4 Å². The average Bonchev–Trinajstić information content (AvgIpc) is 2.93. The molecule has 1 aliphatic carbocycles. The Morgan fingerprint density at radius 1 is 1.05 bits per heavy atom. The van der Waals surface area contributed by atoms with Gasteiger partial charge in [-0.15, -0.1) is 0 Å². The molecule has 5 nitrogen and oxygen atoms in total. The summed E-state index contributed by atoms with van der Waals surface area (Å²) in [6, 6.07) is 13.5. The zero-order valence-electron chi connectivity index (χ0n) is 22.6.